The fourth-order valence-corrected chi connectivity index (χ4v) is 4.14. The lowest BCUT2D eigenvalue weighted by Crippen LogP contribution is -2.47. The van der Waals surface area contributed by atoms with Crippen molar-refractivity contribution in [3.8, 4) is 5.75 Å². The van der Waals surface area contributed by atoms with Gasteiger partial charge in [-0.1, -0.05) is 53.0 Å². The van der Waals surface area contributed by atoms with Crippen LogP contribution in [0.5, 0.6) is 5.75 Å². The molecular weight excluding hydrogens is 336 g/mol. The molecule has 27 heavy (non-hydrogen) atoms. The number of carbonyl (C=O) groups excluding carboxylic acids is 1. The fourth-order valence-electron chi connectivity index (χ4n) is 4.14. The van der Waals surface area contributed by atoms with Crippen LogP contribution in [-0.4, -0.2) is 35.5 Å². The number of rotatable bonds is 9. The van der Waals surface area contributed by atoms with Gasteiger partial charge in [0, 0.05) is 13.0 Å². The minimum Gasteiger partial charge on any atom is -0.506 e. The zero-order valence-electron chi connectivity index (χ0n) is 17.7. The standard InChI is InChI=1S/C23H38N2O2/c1-5-7-8-9-14-25-15-13-23(4,18(3)17-25)19-11-12-20(21(26)16-19)24-22(27)10-6-2/h11-12,16,18,26H,5-10,13-15,17H2,1-4H3,(H,24,27). The van der Waals surface area contributed by atoms with E-state index in [4.69, 9.17) is 0 Å². The maximum atomic E-state index is 11.8. The summed E-state index contributed by atoms with van der Waals surface area (Å²) in [5.41, 5.74) is 1.75. The first-order chi connectivity index (χ1) is 12.9. The molecule has 2 unspecified atom stereocenters. The first-order valence-corrected chi connectivity index (χ1v) is 10.8. The predicted octanol–water partition coefficient (Wildman–Crippen LogP) is 5.31. The number of phenolic OH excluding ortho intramolecular Hbond substituents is 1. The van der Waals surface area contributed by atoms with Gasteiger partial charge in [-0.15, -0.1) is 0 Å². The lowest BCUT2D eigenvalue weighted by Gasteiger charge is -2.45. The number of anilines is 1. The highest BCUT2D eigenvalue weighted by molar-refractivity contribution is 5.92. The Hall–Kier alpha value is -1.55. The van der Waals surface area contributed by atoms with Gasteiger partial charge in [0.05, 0.1) is 5.69 Å². The van der Waals surface area contributed by atoms with Gasteiger partial charge in [-0.05, 0) is 61.4 Å². The maximum Gasteiger partial charge on any atom is 0.224 e. The maximum absolute atomic E-state index is 11.8. The van der Waals surface area contributed by atoms with Crippen LogP contribution in [-0.2, 0) is 10.2 Å². The largest absolute Gasteiger partial charge is 0.506 e. The summed E-state index contributed by atoms with van der Waals surface area (Å²) in [5, 5.41) is 13.2. The molecule has 0 aliphatic carbocycles. The van der Waals surface area contributed by atoms with Crippen molar-refractivity contribution < 1.29 is 9.90 Å². The Bertz CT molecular complexity index is 616. The van der Waals surface area contributed by atoms with E-state index in [0.717, 1.165) is 25.9 Å². The van der Waals surface area contributed by atoms with Crippen LogP contribution >= 0.6 is 0 Å². The SMILES string of the molecule is CCCCCCN1CCC(C)(c2ccc(NC(=O)CCC)c(O)c2)C(C)C1. The predicted molar refractivity (Wildman–Crippen MR) is 113 cm³/mol. The number of carbonyl (C=O) groups is 1. The van der Waals surface area contributed by atoms with Gasteiger partial charge >= 0.3 is 0 Å². The number of unbranched alkanes of at least 4 members (excludes halogenated alkanes) is 3. The molecule has 0 bridgehead atoms. The van der Waals surface area contributed by atoms with Gasteiger partial charge in [0.2, 0.25) is 5.91 Å². The summed E-state index contributed by atoms with van der Waals surface area (Å²) in [5.74, 6) is 0.654. The third-order valence-corrected chi connectivity index (χ3v) is 6.30. The van der Waals surface area contributed by atoms with Crippen molar-refractivity contribution in [3.63, 3.8) is 0 Å². The number of benzene rings is 1. The van der Waals surface area contributed by atoms with E-state index >= 15 is 0 Å². The first kappa shape index (κ1) is 21.7. The summed E-state index contributed by atoms with van der Waals surface area (Å²) in [7, 11) is 0. The molecule has 1 heterocycles. The lowest BCUT2D eigenvalue weighted by atomic mass is 9.68. The van der Waals surface area contributed by atoms with Gasteiger partial charge in [-0.3, -0.25) is 4.79 Å². The minimum atomic E-state index is -0.0449. The first-order valence-electron chi connectivity index (χ1n) is 10.8. The molecule has 1 aliphatic rings. The molecule has 1 aliphatic heterocycles. The van der Waals surface area contributed by atoms with Gasteiger partial charge in [0.15, 0.2) is 0 Å². The second-order valence-electron chi connectivity index (χ2n) is 8.46. The molecule has 4 heteroatoms. The number of piperidine rings is 1. The fraction of sp³-hybridized carbons (Fsp3) is 0.696. The molecule has 2 rings (SSSR count). The molecule has 1 aromatic carbocycles. The van der Waals surface area contributed by atoms with Crippen molar-refractivity contribution in [1.82, 2.24) is 4.90 Å². The topological polar surface area (TPSA) is 52.6 Å². The number of nitrogens with zero attached hydrogens (tertiary/aromatic N) is 1. The molecule has 2 N–H and O–H groups in total. The molecule has 152 valence electrons. The van der Waals surface area contributed by atoms with Gasteiger partial charge in [-0.25, -0.2) is 0 Å². The van der Waals surface area contributed by atoms with Crippen LogP contribution in [0.1, 0.15) is 78.2 Å². The van der Waals surface area contributed by atoms with Crippen LogP contribution < -0.4 is 5.32 Å². The van der Waals surface area contributed by atoms with Crippen LogP contribution in [0.15, 0.2) is 18.2 Å². The smallest absolute Gasteiger partial charge is 0.224 e. The zero-order chi connectivity index (χ0) is 19.9. The Morgan fingerprint density at radius 3 is 2.67 bits per heavy atom. The molecule has 0 radical (unpaired) electrons. The van der Waals surface area contributed by atoms with E-state index in [1.54, 1.807) is 0 Å². The summed E-state index contributed by atoms with van der Waals surface area (Å²) >= 11 is 0. The van der Waals surface area contributed by atoms with Gasteiger partial charge in [-0.2, -0.15) is 0 Å². The number of aromatic hydroxyl groups is 1. The molecule has 0 saturated carbocycles. The number of hydrogen-bond donors (Lipinski definition) is 2. The second-order valence-corrected chi connectivity index (χ2v) is 8.46. The van der Waals surface area contributed by atoms with E-state index in [-0.39, 0.29) is 17.1 Å². The molecule has 2 atom stereocenters. The molecule has 1 aromatic rings. The van der Waals surface area contributed by atoms with Crippen LogP contribution in [0.4, 0.5) is 5.69 Å². The van der Waals surface area contributed by atoms with Gasteiger partial charge in [0.25, 0.3) is 0 Å². The number of nitrogens with one attached hydrogen (secondary N) is 1. The van der Waals surface area contributed by atoms with E-state index in [9.17, 15) is 9.90 Å². The average Bonchev–Trinajstić information content (AvgIpc) is 2.63. The van der Waals surface area contributed by atoms with Crippen LogP contribution in [0.25, 0.3) is 0 Å². The highest BCUT2D eigenvalue weighted by Crippen LogP contribution is 2.41. The minimum absolute atomic E-state index is 0.0449. The third-order valence-electron chi connectivity index (χ3n) is 6.30. The monoisotopic (exact) mass is 374 g/mol. The lowest BCUT2D eigenvalue weighted by molar-refractivity contribution is -0.116. The summed E-state index contributed by atoms with van der Waals surface area (Å²) < 4.78 is 0. The van der Waals surface area contributed by atoms with Crippen LogP contribution in [0.3, 0.4) is 0 Å². The Morgan fingerprint density at radius 2 is 2.04 bits per heavy atom. The number of amides is 1. The van der Waals surface area contributed by atoms with Crippen molar-refractivity contribution >= 4 is 11.6 Å². The molecule has 1 fully saturated rings. The Labute approximate surface area is 165 Å². The molecule has 0 aromatic heterocycles. The number of hydrogen-bond acceptors (Lipinski definition) is 3. The summed E-state index contributed by atoms with van der Waals surface area (Å²) in [4.78, 5) is 14.4. The Kier molecular flexibility index (Phi) is 8.15. The number of phenols is 1. The van der Waals surface area contributed by atoms with Crippen LogP contribution in [0.2, 0.25) is 0 Å². The van der Waals surface area contributed by atoms with Crippen molar-refractivity contribution in [2.75, 3.05) is 25.0 Å². The van der Waals surface area contributed by atoms with Crippen molar-refractivity contribution in [3.05, 3.63) is 23.8 Å². The summed E-state index contributed by atoms with van der Waals surface area (Å²) in [6.07, 6.45) is 7.62. The highest BCUT2D eigenvalue weighted by atomic mass is 16.3. The quantitative estimate of drug-likeness (QED) is 0.455. The normalized spacial score (nSPS) is 23.3. The summed E-state index contributed by atoms with van der Waals surface area (Å²) in [6.45, 7) is 12.3. The number of likely N-dealkylation sites (tertiary alicyclic amines) is 1. The molecule has 0 spiro atoms. The van der Waals surface area contributed by atoms with E-state index < -0.39 is 0 Å². The third kappa shape index (κ3) is 5.71. The van der Waals surface area contributed by atoms with Crippen molar-refractivity contribution in [2.24, 2.45) is 5.92 Å². The summed E-state index contributed by atoms with van der Waals surface area (Å²) in [6, 6.07) is 5.79. The zero-order valence-corrected chi connectivity index (χ0v) is 17.7. The molecular formula is C23H38N2O2. The van der Waals surface area contributed by atoms with Gasteiger partial charge in [0.1, 0.15) is 5.75 Å². The second kappa shape index (κ2) is 10.1. The van der Waals surface area contributed by atoms with E-state index in [2.05, 4.69) is 37.1 Å². The van der Waals surface area contributed by atoms with Crippen molar-refractivity contribution in [1.29, 1.82) is 0 Å². The average molecular weight is 375 g/mol. The van der Waals surface area contributed by atoms with E-state index in [1.807, 2.05) is 19.1 Å². The molecule has 4 nitrogen and oxygen atoms in total. The van der Waals surface area contributed by atoms with Gasteiger partial charge < -0.3 is 15.3 Å². The van der Waals surface area contributed by atoms with Crippen molar-refractivity contribution in [2.45, 2.75) is 78.1 Å². The molecule has 1 saturated heterocycles. The highest BCUT2D eigenvalue weighted by Gasteiger charge is 2.38. The molecule has 1 amide bonds. The van der Waals surface area contributed by atoms with E-state index in [1.165, 1.54) is 37.8 Å². The Morgan fingerprint density at radius 1 is 1.26 bits per heavy atom. The van der Waals surface area contributed by atoms with Crippen LogP contribution in [0, 0.1) is 5.92 Å². The van der Waals surface area contributed by atoms with E-state index in [0.29, 0.717) is 18.0 Å². The Balaban J connectivity index is 2.00.